The molecular weight excluding hydrogens is 469 g/mol. The SMILES string of the molecule is COCCc1noc(C2CC(c3ccc(CC(F)(F)F)cc3)CN(C(=O)N3CCSCC3)C2)n1. The number of aromatic nitrogens is 2. The summed E-state index contributed by atoms with van der Waals surface area (Å²) in [6.45, 7) is 2.87. The van der Waals surface area contributed by atoms with E-state index >= 15 is 0 Å². The van der Waals surface area contributed by atoms with Crippen LogP contribution in [0, 0.1) is 0 Å². The van der Waals surface area contributed by atoms with Gasteiger partial charge >= 0.3 is 12.2 Å². The van der Waals surface area contributed by atoms with Crippen molar-refractivity contribution in [1.29, 1.82) is 0 Å². The van der Waals surface area contributed by atoms with Crippen molar-refractivity contribution in [2.45, 2.75) is 37.3 Å². The van der Waals surface area contributed by atoms with Gasteiger partial charge < -0.3 is 19.1 Å². The van der Waals surface area contributed by atoms with Crippen molar-refractivity contribution in [2.24, 2.45) is 0 Å². The highest BCUT2D eigenvalue weighted by Gasteiger charge is 2.36. The minimum Gasteiger partial charge on any atom is -0.384 e. The van der Waals surface area contributed by atoms with Crippen LogP contribution in [0.3, 0.4) is 0 Å². The average Bonchev–Trinajstić information content (AvgIpc) is 3.31. The molecule has 2 unspecified atom stereocenters. The van der Waals surface area contributed by atoms with E-state index in [4.69, 9.17) is 9.26 Å². The van der Waals surface area contributed by atoms with Crippen LogP contribution in [0.4, 0.5) is 18.0 Å². The van der Waals surface area contributed by atoms with Gasteiger partial charge in [-0.25, -0.2) is 4.79 Å². The minimum atomic E-state index is -4.24. The van der Waals surface area contributed by atoms with Gasteiger partial charge in [-0.1, -0.05) is 29.4 Å². The number of piperidine rings is 1. The van der Waals surface area contributed by atoms with Crippen LogP contribution >= 0.6 is 11.8 Å². The maximum Gasteiger partial charge on any atom is 0.393 e. The van der Waals surface area contributed by atoms with E-state index in [2.05, 4.69) is 10.1 Å². The average molecular weight is 499 g/mol. The van der Waals surface area contributed by atoms with Crippen LogP contribution in [-0.2, 0) is 17.6 Å². The van der Waals surface area contributed by atoms with E-state index in [-0.39, 0.29) is 23.4 Å². The molecule has 0 aliphatic carbocycles. The third-order valence-corrected chi connectivity index (χ3v) is 7.16. The number of rotatable bonds is 6. The molecule has 2 fully saturated rings. The van der Waals surface area contributed by atoms with Gasteiger partial charge in [0.05, 0.1) is 18.9 Å². The van der Waals surface area contributed by atoms with E-state index in [9.17, 15) is 18.0 Å². The number of amides is 2. The van der Waals surface area contributed by atoms with Crippen molar-refractivity contribution in [3.63, 3.8) is 0 Å². The molecule has 0 N–H and O–H groups in total. The van der Waals surface area contributed by atoms with Gasteiger partial charge in [-0.3, -0.25) is 0 Å². The predicted molar refractivity (Wildman–Crippen MR) is 122 cm³/mol. The predicted octanol–water partition coefficient (Wildman–Crippen LogP) is 4.11. The van der Waals surface area contributed by atoms with Crippen molar-refractivity contribution in [3.05, 3.63) is 47.1 Å². The number of alkyl halides is 3. The number of carbonyl (C=O) groups is 1. The zero-order valence-corrected chi connectivity index (χ0v) is 19.9. The number of nitrogens with zero attached hydrogens (tertiary/aromatic N) is 4. The van der Waals surface area contributed by atoms with E-state index in [0.717, 1.165) is 17.1 Å². The first kappa shape index (κ1) is 24.8. The van der Waals surface area contributed by atoms with Crippen LogP contribution in [0.5, 0.6) is 0 Å². The van der Waals surface area contributed by atoms with E-state index < -0.39 is 12.6 Å². The number of benzene rings is 1. The summed E-state index contributed by atoms with van der Waals surface area (Å²) >= 11 is 1.84. The topological polar surface area (TPSA) is 71.7 Å². The summed E-state index contributed by atoms with van der Waals surface area (Å²) in [4.78, 5) is 21.5. The van der Waals surface area contributed by atoms with Gasteiger partial charge in [0.1, 0.15) is 0 Å². The molecule has 1 aromatic heterocycles. The molecule has 3 heterocycles. The highest BCUT2D eigenvalue weighted by molar-refractivity contribution is 7.99. The number of halogens is 3. The molecule has 2 saturated heterocycles. The second-order valence-electron chi connectivity index (χ2n) is 8.74. The first-order chi connectivity index (χ1) is 16.3. The number of thioether (sulfide) groups is 1. The fourth-order valence-electron chi connectivity index (χ4n) is 4.50. The molecule has 2 aliphatic heterocycles. The van der Waals surface area contributed by atoms with Gasteiger partial charge in [0.15, 0.2) is 5.82 Å². The lowest BCUT2D eigenvalue weighted by Crippen LogP contribution is -2.51. The fourth-order valence-corrected chi connectivity index (χ4v) is 5.40. The Morgan fingerprint density at radius 1 is 1.15 bits per heavy atom. The third kappa shape index (κ3) is 6.44. The lowest BCUT2D eigenvalue weighted by atomic mass is 9.84. The first-order valence-corrected chi connectivity index (χ1v) is 12.6. The summed E-state index contributed by atoms with van der Waals surface area (Å²) < 4.78 is 48.9. The van der Waals surface area contributed by atoms with E-state index in [1.807, 2.05) is 21.6 Å². The standard InChI is InChI=1S/C23H29F3N4O3S/c1-32-9-6-20-27-21(33-28-20)19-12-18(17-4-2-16(3-5-17)13-23(24,25)26)14-30(15-19)22(31)29-7-10-34-11-8-29/h2-5,18-19H,6-15H2,1H3. The fraction of sp³-hybridized carbons (Fsp3) is 0.609. The Labute approximate surface area is 201 Å². The summed E-state index contributed by atoms with van der Waals surface area (Å²) in [5.74, 6) is 2.67. The second kappa shape index (κ2) is 11.0. The highest BCUT2D eigenvalue weighted by atomic mass is 32.2. The number of urea groups is 1. The lowest BCUT2D eigenvalue weighted by Gasteiger charge is -2.40. The molecule has 2 aliphatic rings. The smallest absolute Gasteiger partial charge is 0.384 e. The van der Waals surface area contributed by atoms with Crippen molar-refractivity contribution in [2.75, 3.05) is 51.4 Å². The number of ether oxygens (including phenoxy) is 1. The van der Waals surface area contributed by atoms with Crippen LogP contribution in [0.1, 0.15) is 41.1 Å². The number of hydrogen-bond acceptors (Lipinski definition) is 6. The Kier molecular flexibility index (Phi) is 8.02. The van der Waals surface area contributed by atoms with E-state index in [1.165, 1.54) is 12.1 Å². The van der Waals surface area contributed by atoms with E-state index in [0.29, 0.717) is 57.3 Å². The van der Waals surface area contributed by atoms with Crippen molar-refractivity contribution >= 4 is 17.8 Å². The summed E-state index contributed by atoms with van der Waals surface area (Å²) in [6, 6.07) is 6.52. The molecule has 1 aromatic carbocycles. The molecule has 0 saturated carbocycles. The molecule has 2 atom stereocenters. The Morgan fingerprint density at radius 3 is 2.53 bits per heavy atom. The molecule has 2 amide bonds. The molecule has 0 spiro atoms. The van der Waals surface area contributed by atoms with Gasteiger partial charge in [0.2, 0.25) is 5.89 Å². The molecule has 2 aromatic rings. The van der Waals surface area contributed by atoms with Crippen LogP contribution in [0.2, 0.25) is 0 Å². The Bertz CT molecular complexity index is 948. The number of methoxy groups -OCH3 is 1. The normalized spacial score (nSPS) is 21.6. The first-order valence-electron chi connectivity index (χ1n) is 11.4. The van der Waals surface area contributed by atoms with Gasteiger partial charge in [0.25, 0.3) is 0 Å². The molecule has 4 rings (SSSR count). The monoisotopic (exact) mass is 498 g/mol. The summed E-state index contributed by atoms with van der Waals surface area (Å²) in [7, 11) is 1.61. The number of carbonyl (C=O) groups excluding carboxylic acids is 1. The largest absolute Gasteiger partial charge is 0.393 e. The molecule has 0 bridgehead atoms. The van der Waals surface area contributed by atoms with Gasteiger partial charge in [-0.15, -0.1) is 0 Å². The van der Waals surface area contributed by atoms with Crippen molar-refractivity contribution < 1.29 is 27.2 Å². The van der Waals surface area contributed by atoms with Crippen molar-refractivity contribution in [3.8, 4) is 0 Å². The van der Waals surface area contributed by atoms with Crippen LogP contribution in [-0.4, -0.2) is 83.5 Å². The zero-order valence-electron chi connectivity index (χ0n) is 19.1. The molecule has 34 heavy (non-hydrogen) atoms. The van der Waals surface area contributed by atoms with Crippen LogP contribution in [0.25, 0.3) is 0 Å². The van der Waals surface area contributed by atoms with E-state index in [1.54, 1.807) is 19.2 Å². The summed E-state index contributed by atoms with van der Waals surface area (Å²) in [6.07, 6.45) is -3.99. The third-order valence-electron chi connectivity index (χ3n) is 6.22. The highest BCUT2D eigenvalue weighted by Crippen LogP contribution is 2.36. The van der Waals surface area contributed by atoms with Gasteiger partial charge in [0, 0.05) is 57.1 Å². The Balaban J connectivity index is 1.54. The van der Waals surface area contributed by atoms with Gasteiger partial charge in [-0.2, -0.15) is 29.9 Å². The summed E-state index contributed by atoms with van der Waals surface area (Å²) in [5, 5.41) is 4.04. The van der Waals surface area contributed by atoms with Crippen LogP contribution < -0.4 is 0 Å². The van der Waals surface area contributed by atoms with Crippen molar-refractivity contribution in [1.82, 2.24) is 19.9 Å². The Hall–Kier alpha value is -2.27. The lowest BCUT2D eigenvalue weighted by molar-refractivity contribution is -0.127. The second-order valence-corrected chi connectivity index (χ2v) is 9.97. The summed E-state index contributed by atoms with van der Waals surface area (Å²) in [5.41, 5.74) is 1.13. The molecule has 11 heteroatoms. The molecular formula is C23H29F3N4O3S. The molecule has 186 valence electrons. The quantitative estimate of drug-likeness (QED) is 0.597. The van der Waals surface area contributed by atoms with Crippen LogP contribution in [0.15, 0.2) is 28.8 Å². The minimum absolute atomic E-state index is 0.0113. The maximum atomic E-state index is 13.3. The molecule has 7 nitrogen and oxygen atoms in total. The number of hydrogen-bond donors (Lipinski definition) is 0. The van der Waals surface area contributed by atoms with Gasteiger partial charge in [-0.05, 0) is 17.5 Å². The maximum absolute atomic E-state index is 13.3. The molecule has 0 radical (unpaired) electrons. The number of likely N-dealkylation sites (tertiary alicyclic amines) is 1. The zero-order chi connectivity index (χ0) is 24.1. The Morgan fingerprint density at radius 2 is 1.85 bits per heavy atom.